The number of hydrogen-bond acceptors (Lipinski definition) is 2. The third kappa shape index (κ3) is 3.43. The van der Waals surface area contributed by atoms with Crippen molar-refractivity contribution in [2.75, 3.05) is 5.32 Å². The van der Waals surface area contributed by atoms with Crippen molar-refractivity contribution in [3.05, 3.63) is 56.5 Å². The number of nitrogens with zero attached hydrogens (tertiary/aromatic N) is 1. The molecule has 1 aromatic carbocycles. The highest BCUT2D eigenvalue weighted by atomic mass is 79.9. The molecule has 0 atom stereocenters. The molecule has 0 unspecified atom stereocenters. The third-order valence-electron chi connectivity index (χ3n) is 2.24. The standard InChI is InChI=1S/C12H6BrCl2FN2O/c13-8-3-1-6(16)5-9(8)17-12(19)7-2-4-10(14)18-11(7)15/h1-5H,(H,17,19). The second-order valence-corrected chi connectivity index (χ2v) is 5.15. The summed E-state index contributed by atoms with van der Waals surface area (Å²) in [7, 11) is 0. The Balaban J connectivity index is 2.28. The first-order chi connectivity index (χ1) is 8.97. The Hall–Kier alpha value is -1.17. The molecule has 0 aliphatic heterocycles. The van der Waals surface area contributed by atoms with Gasteiger partial charge < -0.3 is 5.32 Å². The number of anilines is 1. The van der Waals surface area contributed by atoms with Gasteiger partial charge in [0.25, 0.3) is 5.91 Å². The molecule has 1 amide bonds. The van der Waals surface area contributed by atoms with Gasteiger partial charge in [0.2, 0.25) is 0 Å². The largest absolute Gasteiger partial charge is 0.321 e. The zero-order valence-corrected chi connectivity index (χ0v) is 12.4. The number of pyridine rings is 1. The van der Waals surface area contributed by atoms with Crippen molar-refractivity contribution in [3.63, 3.8) is 0 Å². The second-order valence-electron chi connectivity index (χ2n) is 3.55. The van der Waals surface area contributed by atoms with E-state index in [2.05, 4.69) is 26.2 Å². The number of aromatic nitrogens is 1. The number of rotatable bonds is 2. The van der Waals surface area contributed by atoms with Gasteiger partial charge in [-0.15, -0.1) is 0 Å². The maximum absolute atomic E-state index is 13.1. The smallest absolute Gasteiger partial charge is 0.258 e. The lowest BCUT2D eigenvalue weighted by Gasteiger charge is -2.08. The van der Waals surface area contributed by atoms with Crippen LogP contribution in [-0.4, -0.2) is 10.9 Å². The SMILES string of the molecule is O=C(Nc1cc(F)ccc1Br)c1ccc(Cl)nc1Cl. The summed E-state index contributed by atoms with van der Waals surface area (Å²) in [4.78, 5) is 15.7. The van der Waals surface area contributed by atoms with Gasteiger partial charge in [-0.1, -0.05) is 23.2 Å². The van der Waals surface area contributed by atoms with Crippen LogP contribution in [0.15, 0.2) is 34.8 Å². The first kappa shape index (κ1) is 14.2. The molecule has 1 N–H and O–H groups in total. The molecule has 1 aromatic heterocycles. The molecule has 0 saturated carbocycles. The van der Waals surface area contributed by atoms with Gasteiger partial charge >= 0.3 is 0 Å². The van der Waals surface area contributed by atoms with Crippen LogP contribution in [0.5, 0.6) is 0 Å². The predicted molar refractivity (Wildman–Crippen MR) is 76.3 cm³/mol. The minimum atomic E-state index is -0.500. The van der Waals surface area contributed by atoms with E-state index in [1.807, 2.05) is 0 Å². The molecule has 0 bridgehead atoms. The lowest BCUT2D eigenvalue weighted by molar-refractivity contribution is 0.102. The summed E-state index contributed by atoms with van der Waals surface area (Å²) in [5.74, 6) is -0.959. The molecule has 98 valence electrons. The van der Waals surface area contributed by atoms with Crippen molar-refractivity contribution in [1.29, 1.82) is 0 Å². The second kappa shape index (κ2) is 5.86. The number of halogens is 4. The highest BCUT2D eigenvalue weighted by Gasteiger charge is 2.13. The highest BCUT2D eigenvalue weighted by molar-refractivity contribution is 9.10. The van der Waals surface area contributed by atoms with Crippen LogP contribution >= 0.6 is 39.1 Å². The Bertz CT molecular complexity index is 652. The molecule has 0 fully saturated rings. The molecule has 0 saturated heterocycles. The number of nitrogens with one attached hydrogen (secondary N) is 1. The fourth-order valence-electron chi connectivity index (χ4n) is 1.36. The number of benzene rings is 1. The maximum atomic E-state index is 13.1. The molecule has 2 aromatic rings. The van der Waals surface area contributed by atoms with Crippen molar-refractivity contribution in [3.8, 4) is 0 Å². The monoisotopic (exact) mass is 362 g/mol. The molecule has 0 aliphatic carbocycles. The van der Waals surface area contributed by atoms with Crippen molar-refractivity contribution in [2.24, 2.45) is 0 Å². The molecule has 0 radical (unpaired) electrons. The van der Waals surface area contributed by atoms with Crippen molar-refractivity contribution in [2.45, 2.75) is 0 Å². The minimum Gasteiger partial charge on any atom is -0.321 e. The third-order valence-corrected chi connectivity index (χ3v) is 3.43. The van der Waals surface area contributed by atoms with E-state index in [9.17, 15) is 9.18 Å². The zero-order chi connectivity index (χ0) is 14.0. The van der Waals surface area contributed by atoms with Crippen molar-refractivity contribution in [1.82, 2.24) is 4.98 Å². The molecule has 3 nitrogen and oxygen atoms in total. The number of carbonyl (C=O) groups excluding carboxylic acids is 1. The Labute approximate surface area is 126 Å². The van der Waals surface area contributed by atoms with Crippen molar-refractivity contribution < 1.29 is 9.18 Å². The molecule has 0 aliphatic rings. The maximum Gasteiger partial charge on any atom is 0.258 e. The average molecular weight is 364 g/mol. The lowest BCUT2D eigenvalue weighted by Crippen LogP contribution is -2.13. The van der Waals surface area contributed by atoms with Gasteiger partial charge in [-0.2, -0.15) is 0 Å². The average Bonchev–Trinajstić information content (AvgIpc) is 2.33. The van der Waals surface area contributed by atoms with Crippen LogP contribution in [0.2, 0.25) is 10.3 Å². The molecule has 0 spiro atoms. The minimum absolute atomic E-state index is 0.0162. The Morgan fingerprint density at radius 2 is 2.00 bits per heavy atom. The van der Waals surface area contributed by atoms with Gasteiger partial charge in [-0.25, -0.2) is 9.37 Å². The van der Waals surface area contributed by atoms with E-state index in [-0.39, 0.29) is 15.9 Å². The van der Waals surface area contributed by atoms with E-state index < -0.39 is 11.7 Å². The molecule has 1 heterocycles. The van der Waals surface area contributed by atoms with Gasteiger partial charge in [-0.05, 0) is 46.3 Å². The number of hydrogen-bond donors (Lipinski definition) is 1. The van der Waals surface area contributed by atoms with Crippen LogP contribution in [0, 0.1) is 5.82 Å². The molecule has 19 heavy (non-hydrogen) atoms. The quantitative estimate of drug-likeness (QED) is 0.795. The predicted octanol–water partition coefficient (Wildman–Crippen LogP) is 4.54. The van der Waals surface area contributed by atoms with E-state index in [0.717, 1.165) is 0 Å². The van der Waals surface area contributed by atoms with Gasteiger partial charge in [-0.3, -0.25) is 4.79 Å². The fourth-order valence-corrected chi connectivity index (χ4v) is 2.14. The molecule has 2 rings (SSSR count). The van der Waals surface area contributed by atoms with Gasteiger partial charge in [0.05, 0.1) is 11.3 Å². The summed E-state index contributed by atoms with van der Waals surface area (Å²) >= 11 is 14.7. The summed E-state index contributed by atoms with van der Waals surface area (Å²) in [6.07, 6.45) is 0. The molecular weight excluding hydrogens is 358 g/mol. The fraction of sp³-hybridized carbons (Fsp3) is 0. The first-order valence-electron chi connectivity index (χ1n) is 5.06. The number of carbonyl (C=O) groups is 1. The van der Waals surface area contributed by atoms with Gasteiger partial charge in [0, 0.05) is 4.47 Å². The van der Waals surface area contributed by atoms with Gasteiger partial charge in [0.1, 0.15) is 16.1 Å². The summed E-state index contributed by atoms with van der Waals surface area (Å²) in [5, 5.41) is 2.71. The van der Waals surface area contributed by atoms with E-state index in [4.69, 9.17) is 23.2 Å². The van der Waals surface area contributed by atoms with E-state index in [1.165, 1.54) is 30.3 Å². The van der Waals surface area contributed by atoms with E-state index >= 15 is 0 Å². The van der Waals surface area contributed by atoms with Crippen LogP contribution in [0.4, 0.5) is 10.1 Å². The summed E-state index contributed by atoms with van der Waals surface area (Å²) in [5.41, 5.74) is 0.457. The van der Waals surface area contributed by atoms with Crippen LogP contribution in [0.3, 0.4) is 0 Å². The number of amides is 1. The lowest BCUT2D eigenvalue weighted by atomic mass is 10.2. The summed E-state index contributed by atoms with van der Waals surface area (Å²) in [6.45, 7) is 0. The van der Waals surface area contributed by atoms with Crippen LogP contribution in [0.25, 0.3) is 0 Å². The Kier molecular flexibility index (Phi) is 4.39. The topological polar surface area (TPSA) is 42.0 Å². The summed E-state index contributed by atoms with van der Waals surface area (Å²) < 4.78 is 13.7. The normalized spacial score (nSPS) is 10.3. The van der Waals surface area contributed by atoms with E-state index in [1.54, 1.807) is 0 Å². The van der Waals surface area contributed by atoms with Gasteiger partial charge in [0.15, 0.2) is 0 Å². The van der Waals surface area contributed by atoms with Crippen LogP contribution in [0.1, 0.15) is 10.4 Å². The Morgan fingerprint density at radius 1 is 1.26 bits per heavy atom. The van der Waals surface area contributed by atoms with Crippen molar-refractivity contribution >= 4 is 50.7 Å². The molecular formula is C12H6BrCl2FN2O. The summed E-state index contributed by atoms with van der Waals surface area (Å²) in [6, 6.07) is 6.85. The zero-order valence-electron chi connectivity index (χ0n) is 9.25. The molecule has 7 heteroatoms. The highest BCUT2D eigenvalue weighted by Crippen LogP contribution is 2.25. The van der Waals surface area contributed by atoms with Crippen LogP contribution in [-0.2, 0) is 0 Å². The Morgan fingerprint density at radius 3 is 2.68 bits per heavy atom. The van der Waals surface area contributed by atoms with E-state index in [0.29, 0.717) is 10.2 Å². The first-order valence-corrected chi connectivity index (χ1v) is 6.60. The van der Waals surface area contributed by atoms with Crippen LogP contribution < -0.4 is 5.32 Å².